The van der Waals surface area contributed by atoms with E-state index in [0.717, 1.165) is 34.2 Å². The summed E-state index contributed by atoms with van der Waals surface area (Å²) < 4.78 is 0. The van der Waals surface area contributed by atoms with Gasteiger partial charge in [-0.05, 0) is 60.7 Å². The lowest BCUT2D eigenvalue weighted by molar-refractivity contribution is 0.0940. The summed E-state index contributed by atoms with van der Waals surface area (Å²) in [5.74, 6) is 0.991. The average Bonchev–Trinajstić information content (AvgIpc) is 3.12. The third-order valence-corrected chi connectivity index (χ3v) is 6.45. The molecule has 2 aromatic rings. The molecule has 3 aliphatic carbocycles. The van der Waals surface area contributed by atoms with Crippen LogP contribution in [-0.4, -0.2) is 5.78 Å². The van der Waals surface area contributed by atoms with E-state index in [2.05, 4.69) is 24.3 Å². The second kappa shape index (κ2) is 4.23. The van der Waals surface area contributed by atoms with Crippen LogP contribution in [-0.2, 0) is 5.41 Å². The SMILES string of the molecule is O=C1CCC2(CC3=CCC2C3)c2cc3cccc(Cl)c3cc21. The van der Waals surface area contributed by atoms with E-state index in [0.29, 0.717) is 18.1 Å². The van der Waals surface area contributed by atoms with Crippen LogP contribution < -0.4 is 0 Å². The lowest BCUT2D eigenvalue weighted by Gasteiger charge is -2.41. The van der Waals surface area contributed by atoms with Gasteiger partial charge < -0.3 is 0 Å². The Bertz CT molecular complexity index is 863. The van der Waals surface area contributed by atoms with Crippen LogP contribution in [0.2, 0.25) is 5.02 Å². The summed E-state index contributed by atoms with van der Waals surface area (Å²) in [4.78, 5) is 12.5. The van der Waals surface area contributed by atoms with Crippen LogP contribution in [0.4, 0.5) is 0 Å². The van der Waals surface area contributed by atoms with Crippen molar-refractivity contribution in [1.82, 2.24) is 0 Å². The molecule has 22 heavy (non-hydrogen) atoms. The van der Waals surface area contributed by atoms with Gasteiger partial charge in [-0.15, -0.1) is 0 Å². The average molecular weight is 309 g/mol. The molecule has 0 saturated heterocycles. The maximum absolute atomic E-state index is 12.5. The molecule has 2 bridgehead atoms. The van der Waals surface area contributed by atoms with E-state index in [-0.39, 0.29) is 5.41 Å². The van der Waals surface area contributed by atoms with Crippen molar-refractivity contribution in [3.8, 4) is 0 Å². The molecule has 5 rings (SSSR count). The molecule has 0 heterocycles. The van der Waals surface area contributed by atoms with E-state index >= 15 is 0 Å². The summed E-state index contributed by atoms with van der Waals surface area (Å²) in [5.41, 5.74) is 4.05. The number of rotatable bonds is 0. The number of carbonyl (C=O) groups excluding carboxylic acids is 1. The van der Waals surface area contributed by atoms with E-state index in [4.69, 9.17) is 11.6 Å². The van der Waals surface area contributed by atoms with Crippen LogP contribution in [0.1, 0.15) is 48.0 Å². The zero-order valence-corrected chi connectivity index (χ0v) is 13.1. The van der Waals surface area contributed by atoms with Crippen molar-refractivity contribution in [2.45, 2.75) is 37.5 Å². The Morgan fingerprint density at radius 3 is 2.91 bits per heavy atom. The highest BCUT2D eigenvalue weighted by Crippen LogP contribution is 2.59. The number of allylic oxidation sites excluding steroid dienone is 2. The molecule has 1 spiro atoms. The quantitative estimate of drug-likeness (QED) is 0.592. The van der Waals surface area contributed by atoms with Gasteiger partial charge in [0.1, 0.15) is 0 Å². The van der Waals surface area contributed by atoms with Crippen molar-refractivity contribution in [3.05, 3.63) is 58.1 Å². The number of fused-ring (bicyclic) bond motifs is 6. The number of hydrogen-bond donors (Lipinski definition) is 0. The van der Waals surface area contributed by atoms with Gasteiger partial charge in [0.2, 0.25) is 0 Å². The molecule has 3 aliphatic rings. The van der Waals surface area contributed by atoms with E-state index in [1.54, 1.807) is 5.57 Å². The van der Waals surface area contributed by atoms with E-state index in [1.165, 1.54) is 18.4 Å². The van der Waals surface area contributed by atoms with Crippen LogP contribution in [0.15, 0.2) is 42.0 Å². The van der Waals surface area contributed by atoms with E-state index < -0.39 is 0 Å². The minimum absolute atomic E-state index is 0.212. The van der Waals surface area contributed by atoms with Gasteiger partial charge in [-0.2, -0.15) is 0 Å². The van der Waals surface area contributed by atoms with Crippen molar-refractivity contribution in [2.75, 3.05) is 0 Å². The fourth-order valence-corrected chi connectivity index (χ4v) is 5.29. The molecular weight excluding hydrogens is 292 g/mol. The summed E-state index contributed by atoms with van der Waals surface area (Å²) in [6, 6.07) is 10.3. The predicted octanol–water partition coefficient (Wildman–Crippen LogP) is 5.45. The highest BCUT2D eigenvalue weighted by atomic mass is 35.5. The fraction of sp³-hybridized carbons (Fsp3) is 0.350. The number of halogens is 1. The first-order chi connectivity index (χ1) is 10.7. The number of hydrogen-bond acceptors (Lipinski definition) is 1. The summed E-state index contributed by atoms with van der Waals surface area (Å²) in [6.07, 6.45) is 7.71. The largest absolute Gasteiger partial charge is 0.294 e. The molecular formula is C20H17ClO. The van der Waals surface area contributed by atoms with Gasteiger partial charge >= 0.3 is 0 Å². The maximum atomic E-state index is 12.5. The number of carbonyl (C=O) groups is 1. The van der Waals surface area contributed by atoms with Gasteiger partial charge in [-0.3, -0.25) is 4.79 Å². The maximum Gasteiger partial charge on any atom is 0.163 e. The number of Topliss-reactive ketones (excluding diaryl/α,β-unsaturated/α-hetero) is 1. The van der Waals surface area contributed by atoms with Gasteiger partial charge in [-0.25, -0.2) is 0 Å². The molecule has 0 radical (unpaired) electrons. The highest BCUT2D eigenvalue weighted by molar-refractivity contribution is 6.35. The Labute approximate surface area is 135 Å². The highest BCUT2D eigenvalue weighted by Gasteiger charge is 2.51. The third-order valence-electron chi connectivity index (χ3n) is 6.12. The van der Waals surface area contributed by atoms with Crippen LogP contribution in [0.5, 0.6) is 0 Å². The Morgan fingerprint density at radius 1 is 1.23 bits per heavy atom. The fourth-order valence-electron chi connectivity index (χ4n) is 5.05. The Hall–Kier alpha value is -1.60. The second-order valence-electron chi connectivity index (χ2n) is 7.11. The minimum Gasteiger partial charge on any atom is -0.294 e. The standard InChI is InChI=1S/C20H17ClO/c21-18-3-1-2-13-9-17-16(10-15(13)18)19(22)6-7-20(17)11-12-4-5-14(20)8-12/h1-4,9-10,14H,5-8,11H2. The lowest BCUT2D eigenvalue weighted by Crippen LogP contribution is -2.37. The summed E-state index contributed by atoms with van der Waals surface area (Å²) >= 11 is 6.34. The third kappa shape index (κ3) is 1.53. The van der Waals surface area contributed by atoms with Gasteiger partial charge in [0.15, 0.2) is 5.78 Å². The predicted molar refractivity (Wildman–Crippen MR) is 89.6 cm³/mol. The molecule has 0 amide bonds. The smallest absolute Gasteiger partial charge is 0.163 e. The molecule has 1 fully saturated rings. The summed E-state index contributed by atoms with van der Waals surface area (Å²) in [6.45, 7) is 0. The first-order valence-corrected chi connectivity index (χ1v) is 8.49. The zero-order chi connectivity index (χ0) is 14.9. The van der Waals surface area contributed by atoms with Gasteiger partial charge in [0.05, 0.1) is 0 Å². The van der Waals surface area contributed by atoms with Crippen molar-refractivity contribution in [2.24, 2.45) is 5.92 Å². The van der Waals surface area contributed by atoms with Crippen LogP contribution in [0.3, 0.4) is 0 Å². The number of benzene rings is 2. The molecule has 0 aliphatic heterocycles. The Morgan fingerprint density at radius 2 is 2.14 bits per heavy atom. The molecule has 2 aromatic carbocycles. The number of ketones is 1. The topological polar surface area (TPSA) is 17.1 Å². The molecule has 0 N–H and O–H groups in total. The molecule has 1 saturated carbocycles. The van der Waals surface area contributed by atoms with Crippen molar-refractivity contribution < 1.29 is 4.79 Å². The first kappa shape index (κ1) is 12.9. The van der Waals surface area contributed by atoms with E-state index in [9.17, 15) is 4.79 Å². The van der Waals surface area contributed by atoms with Crippen molar-refractivity contribution in [1.29, 1.82) is 0 Å². The Balaban J connectivity index is 1.81. The summed E-state index contributed by atoms with van der Waals surface area (Å²) in [7, 11) is 0. The zero-order valence-electron chi connectivity index (χ0n) is 12.4. The van der Waals surface area contributed by atoms with E-state index in [1.807, 2.05) is 12.1 Å². The molecule has 2 unspecified atom stereocenters. The van der Waals surface area contributed by atoms with Crippen molar-refractivity contribution in [3.63, 3.8) is 0 Å². The van der Waals surface area contributed by atoms with Crippen LogP contribution in [0.25, 0.3) is 10.8 Å². The molecule has 0 aromatic heterocycles. The molecule has 2 heteroatoms. The molecule has 2 atom stereocenters. The monoisotopic (exact) mass is 308 g/mol. The minimum atomic E-state index is 0.212. The molecule has 1 nitrogen and oxygen atoms in total. The normalized spacial score (nSPS) is 29.2. The van der Waals surface area contributed by atoms with Gasteiger partial charge in [-0.1, -0.05) is 35.4 Å². The van der Waals surface area contributed by atoms with Crippen LogP contribution in [0, 0.1) is 5.92 Å². The van der Waals surface area contributed by atoms with Crippen molar-refractivity contribution >= 4 is 28.2 Å². The first-order valence-electron chi connectivity index (χ1n) is 8.11. The second-order valence-corrected chi connectivity index (χ2v) is 7.52. The summed E-state index contributed by atoms with van der Waals surface area (Å²) in [5, 5.41) is 2.91. The van der Waals surface area contributed by atoms with Gasteiger partial charge in [0.25, 0.3) is 0 Å². The lowest BCUT2D eigenvalue weighted by atomic mass is 9.62. The molecule has 110 valence electrons. The van der Waals surface area contributed by atoms with Gasteiger partial charge in [0, 0.05) is 27.8 Å². The van der Waals surface area contributed by atoms with Crippen LogP contribution >= 0.6 is 11.6 Å². The Kier molecular flexibility index (Phi) is 2.48.